The number of benzene rings is 2. The first-order valence-electron chi connectivity index (χ1n) is 7.31. The lowest BCUT2D eigenvalue weighted by atomic mass is 10.1. The Bertz CT molecular complexity index is 854. The van der Waals surface area contributed by atoms with Crippen molar-refractivity contribution >= 4 is 17.5 Å². The van der Waals surface area contributed by atoms with Crippen molar-refractivity contribution in [3.05, 3.63) is 71.4 Å². The van der Waals surface area contributed by atoms with Crippen molar-refractivity contribution in [2.24, 2.45) is 0 Å². The molecule has 1 aromatic heterocycles. The van der Waals surface area contributed by atoms with Gasteiger partial charge in [0.2, 0.25) is 5.95 Å². The Kier molecular flexibility index (Phi) is 4.60. The zero-order valence-corrected chi connectivity index (χ0v) is 12.9. The van der Waals surface area contributed by atoms with Crippen LogP contribution in [0.5, 0.6) is 0 Å². The van der Waals surface area contributed by atoms with E-state index >= 15 is 0 Å². The highest BCUT2D eigenvalue weighted by molar-refractivity contribution is 5.54. The molecule has 0 aliphatic rings. The topological polar surface area (TPSA) is 62.7 Å². The van der Waals surface area contributed by atoms with Crippen molar-refractivity contribution in [2.75, 3.05) is 10.6 Å². The summed E-state index contributed by atoms with van der Waals surface area (Å²) in [4.78, 5) is 4.21. The van der Waals surface area contributed by atoms with E-state index in [1.807, 2.05) is 25.1 Å². The van der Waals surface area contributed by atoms with E-state index in [9.17, 15) is 8.78 Å². The van der Waals surface area contributed by atoms with Crippen molar-refractivity contribution in [3.8, 4) is 0 Å². The number of anilines is 3. The molecule has 0 spiro atoms. The van der Waals surface area contributed by atoms with Gasteiger partial charge in [-0.1, -0.05) is 29.8 Å². The molecular weight excluding hydrogens is 312 g/mol. The molecule has 0 unspecified atom stereocenters. The van der Waals surface area contributed by atoms with E-state index in [0.29, 0.717) is 12.4 Å². The van der Waals surface area contributed by atoms with Gasteiger partial charge in [-0.05, 0) is 24.6 Å². The summed E-state index contributed by atoms with van der Waals surface area (Å²) in [7, 11) is 0. The number of rotatable bonds is 5. The van der Waals surface area contributed by atoms with E-state index in [2.05, 4.69) is 31.9 Å². The highest BCUT2D eigenvalue weighted by atomic mass is 19.1. The van der Waals surface area contributed by atoms with Gasteiger partial charge in [0.05, 0.1) is 11.9 Å². The average molecular weight is 327 g/mol. The van der Waals surface area contributed by atoms with Gasteiger partial charge in [0.15, 0.2) is 5.82 Å². The summed E-state index contributed by atoms with van der Waals surface area (Å²) < 4.78 is 26.6. The van der Waals surface area contributed by atoms with E-state index < -0.39 is 11.6 Å². The molecule has 2 aromatic carbocycles. The van der Waals surface area contributed by atoms with E-state index in [1.54, 1.807) is 0 Å². The summed E-state index contributed by atoms with van der Waals surface area (Å²) >= 11 is 0. The molecule has 0 radical (unpaired) electrons. The third-order valence-corrected chi connectivity index (χ3v) is 3.29. The number of halogens is 2. The maximum atomic E-state index is 13.6. The predicted molar refractivity (Wildman–Crippen MR) is 88.0 cm³/mol. The van der Waals surface area contributed by atoms with Crippen molar-refractivity contribution in [1.82, 2.24) is 15.2 Å². The Labute approximate surface area is 137 Å². The summed E-state index contributed by atoms with van der Waals surface area (Å²) in [5, 5.41) is 13.4. The standard InChI is InChI=1S/C17H15F2N5/c1-11-3-2-4-12(7-11)9-20-16-10-21-24-17(23-16)22-15-6-5-13(18)8-14(15)19/h2-8,10H,9H2,1H3,(H2,20,22,23,24). The zero-order chi connectivity index (χ0) is 16.9. The van der Waals surface area contributed by atoms with Crippen molar-refractivity contribution in [2.45, 2.75) is 13.5 Å². The fourth-order valence-corrected chi connectivity index (χ4v) is 2.17. The molecular formula is C17H15F2N5. The monoisotopic (exact) mass is 327 g/mol. The second kappa shape index (κ2) is 6.99. The number of nitrogens with zero attached hydrogens (tertiary/aromatic N) is 3. The van der Waals surface area contributed by atoms with Crippen LogP contribution in [0.2, 0.25) is 0 Å². The Balaban J connectivity index is 1.69. The Hall–Kier alpha value is -3.09. The molecule has 0 saturated heterocycles. The first kappa shape index (κ1) is 15.8. The molecule has 1 heterocycles. The van der Waals surface area contributed by atoms with Gasteiger partial charge in [0, 0.05) is 12.6 Å². The average Bonchev–Trinajstić information content (AvgIpc) is 2.56. The molecule has 24 heavy (non-hydrogen) atoms. The highest BCUT2D eigenvalue weighted by Gasteiger charge is 2.07. The summed E-state index contributed by atoms with van der Waals surface area (Å²) in [6.45, 7) is 2.60. The van der Waals surface area contributed by atoms with Crippen LogP contribution in [0.3, 0.4) is 0 Å². The molecule has 0 amide bonds. The van der Waals surface area contributed by atoms with Gasteiger partial charge in [-0.15, -0.1) is 5.10 Å². The fraction of sp³-hybridized carbons (Fsp3) is 0.118. The van der Waals surface area contributed by atoms with E-state index in [0.717, 1.165) is 17.7 Å². The second-order valence-electron chi connectivity index (χ2n) is 5.26. The van der Waals surface area contributed by atoms with Crippen LogP contribution in [0.15, 0.2) is 48.7 Å². The quantitative estimate of drug-likeness (QED) is 0.746. The van der Waals surface area contributed by atoms with Crippen LogP contribution in [0.1, 0.15) is 11.1 Å². The van der Waals surface area contributed by atoms with Crippen molar-refractivity contribution in [1.29, 1.82) is 0 Å². The number of nitrogens with one attached hydrogen (secondary N) is 2. The molecule has 0 aliphatic heterocycles. The fourth-order valence-electron chi connectivity index (χ4n) is 2.17. The van der Waals surface area contributed by atoms with Gasteiger partial charge in [-0.3, -0.25) is 0 Å². The lowest BCUT2D eigenvalue weighted by molar-refractivity contribution is 0.586. The third kappa shape index (κ3) is 4.01. The first-order chi connectivity index (χ1) is 11.6. The first-order valence-corrected chi connectivity index (χ1v) is 7.31. The molecule has 0 aliphatic carbocycles. The molecule has 0 bridgehead atoms. The van der Waals surface area contributed by atoms with Crippen LogP contribution in [0, 0.1) is 18.6 Å². The largest absolute Gasteiger partial charge is 0.365 e. The molecule has 0 saturated carbocycles. The minimum atomic E-state index is -0.725. The van der Waals surface area contributed by atoms with Crippen LogP contribution in [-0.4, -0.2) is 15.2 Å². The predicted octanol–water partition coefficient (Wildman–Crippen LogP) is 3.81. The molecule has 3 aromatic rings. The Morgan fingerprint density at radius 3 is 2.75 bits per heavy atom. The smallest absolute Gasteiger partial charge is 0.249 e. The van der Waals surface area contributed by atoms with Crippen LogP contribution >= 0.6 is 0 Å². The van der Waals surface area contributed by atoms with Gasteiger partial charge in [0.25, 0.3) is 0 Å². The van der Waals surface area contributed by atoms with Gasteiger partial charge in [-0.25, -0.2) is 8.78 Å². The summed E-state index contributed by atoms with van der Waals surface area (Å²) in [5.74, 6) is -0.756. The van der Waals surface area contributed by atoms with Crippen LogP contribution < -0.4 is 10.6 Å². The number of hydrogen-bond donors (Lipinski definition) is 2. The van der Waals surface area contributed by atoms with E-state index in [1.165, 1.54) is 17.8 Å². The second-order valence-corrected chi connectivity index (χ2v) is 5.26. The van der Waals surface area contributed by atoms with Gasteiger partial charge in [0.1, 0.15) is 11.6 Å². The maximum Gasteiger partial charge on any atom is 0.249 e. The van der Waals surface area contributed by atoms with E-state index in [-0.39, 0.29) is 11.6 Å². The van der Waals surface area contributed by atoms with Gasteiger partial charge in [-0.2, -0.15) is 10.1 Å². The lowest BCUT2D eigenvalue weighted by Gasteiger charge is -2.08. The Morgan fingerprint density at radius 2 is 1.96 bits per heavy atom. The number of aromatic nitrogens is 3. The third-order valence-electron chi connectivity index (χ3n) is 3.29. The molecule has 5 nitrogen and oxygen atoms in total. The van der Waals surface area contributed by atoms with Crippen LogP contribution in [-0.2, 0) is 6.54 Å². The maximum absolute atomic E-state index is 13.6. The highest BCUT2D eigenvalue weighted by Crippen LogP contribution is 2.18. The molecule has 3 rings (SSSR count). The van der Waals surface area contributed by atoms with Crippen molar-refractivity contribution < 1.29 is 8.78 Å². The van der Waals surface area contributed by atoms with Gasteiger partial charge >= 0.3 is 0 Å². The molecule has 7 heteroatoms. The number of hydrogen-bond acceptors (Lipinski definition) is 5. The molecule has 122 valence electrons. The molecule has 0 atom stereocenters. The summed E-state index contributed by atoms with van der Waals surface area (Å²) in [5.41, 5.74) is 2.35. The van der Waals surface area contributed by atoms with Crippen LogP contribution in [0.4, 0.5) is 26.2 Å². The number of aryl methyl sites for hydroxylation is 1. The summed E-state index contributed by atoms with van der Waals surface area (Å²) in [6, 6.07) is 11.3. The lowest BCUT2D eigenvalue weighted by Crippen LogP contribution is -2.06. The van der Waals surface area contributed by atoms with Crippen molar-refractivity contribution in [3.63, 3.8) is 0 Å². The zero-order valence-electron chi connectivity index (χ0n) is 12.9. The SMILES string of the molecule is Cc1cccc(CNc2cnnc(Nc3ccc(F)cc3F)n2)c1. The Morgan fingerprint density at radius 1 is 1.08 bits per heavy atom. The van der Waals surface area contributed by atoms with Gasteiger partial charge < -0.3 is 10.6 Å². The minimum Gasteiger partial charge on any atom is -0.365 e. The van der Waals surface area contributed by atoms with Crippen LogP contribution in [0.25, 0.3) is 0 Å². The van der Waals surface area contributed by atoms with E-state index in [4.69, 9.17) is 0 Å². The summed E-state index contributed by atoms with van der Waals surface area (Å²) in [6.07, 6.45) is 1.47. The molecule has 0 fully saturated rings. The minimum absolute atomic E-state index is 0.0778. The normalized spacial score (nSPS) is 10.5. The molecule has 2 N–H and O–H groups in total.